The highest BCUT2D eigenvalue weighted by atomic mass is 16.3. The summed E-state index contributed by atoms with van der Waals surface area (Å²) < 4.78 is 6.57. The van der Waals surface area contributed by atoms with Gasteiger partial charge in [-0.05, 0) is 135 Å². The van der Waals surface area contributed by atoms with Gasteiger partial charge in [0.2, 0.25) is 13.4 Å². The summed E-state index contributed by atoms with van der Waals surface area (Å²) in [6, 6.07) is 64.2. The van der Waals surface area contributed by atoms with Crippen molar-refractivity contribution < 1.29 is 4.42 Å². The fourth-order valence-electron chi connectivity index (χ4n) is 17.3. The van der Waals surface area contributed by atoms with Crippen LogP contribution in [0.4, 0.5) is 22.7 Å². The van der Waals surface area contributed by atoms with Crippen molar-refractivity contribution in [1.29, 1.82) is 0 Å². The van der Waals surface area contributed by atoms with Gasteiger partial charge in [0.1, 0.15) is 11.2 Å². The van der Waals surface area contributed by atoms with Crippen molar-refractivity contribution in [3.63, 3.8) is 0 Å². The van der Waals surface area contributed by atoms with E-state index in [1.807, 2.05) is 0 Å². The summed E-state index contributed by atoms with van der Waals surface area (Å²) in [4.78, 5) is 5.59. The fraction of sp³-hybridized carbons (Fsp3) is 0.235. The predicted molar refractivity (Wildman–Crippen MR) is 309 cm³/mol. The largest absolute Gasteiger partial charge is 0.455 e. The van der Waals surface area contributed by atoms with Gasteiger partial charge in [0.05, 0.1) is 11.1 Å². The molecule has 7 heterocycles. The predicted octanol–water partition coefficient (Wildman–Crippen LogP) is 13.2. The van der Waals surface area contributed by atoms with Crippen molar-refractivity contribution in [2.45, 2.75) is 101 Å². The molecular weight excluding hydrogens is 882 g/mol. The lowest BCUT2D eigenvalue weighted by molar-refractivity contribution is 0.195. The molecule has 0 radical (unpaired) electrons. The molecule has 4 atom stereocenters. The van der Waals surface area contributed by atoms with Gasteiger partial charge in [0, 0.05) is 49.9 Å². The van der Waals surface area contributed by atoms with E-state index in [0.29, 0.717) is 6.71 Å². The van der Waals surface area contributed by atoms with Gasteiger partial charge < -0.3 is 14.2 Å². The molecule has 0 bridgehead atoms. The molecule has 3 nitrogen and oxygen atoms in total. The molecule has 2 saturated carbocycles. The minimum atomic E-state index is 0.0921. The minimum absolute atomic E-state index is 0.0921. The molecule has 73 heavy (non-hydrogen) atoms. The standard InChI is InChI=1S/C36H30BN.C32H26BNO/c1-35-19-8-9-20-36(35,2)38-31-22-25-13-6-7-14-26(25)32-27-21-24(23-11-4-3-5-12-23)17-18-29(27)37(33(31)32)30-16-10-15-28(35)34(30)38;1-31-17-5-6-18-32(31,2)34-25-13-7-10-21-27-23(33(28(21)25)24-12-8-11-22(31)29(24)34)16-15-20-19-9-3-4-14-26(19)35-30(20)27/h3-7,10-18,21-22H,8-9,19-20H2,1-2H3;3-4,7-16H,5-6,17-18H2,1-2H3. The van der Waals surface area contributed by atoms with Gasteiger partial charge >= 0.3 is 0 Å². The van der Waals surface area contributed by atoms with Crippen LogP contribution < -0.4 is 42.6 Å². The first-order valence-electron chi connectivity index (χ1n) is 27.4. The van der Waals surface area contributed by atoms with Crippen LogP contribution in [0.25, 0.3) is 66.1 Å². The van der Waals surface area contributed by atoms with E-state index in [9.17, 15) is 0 Å². The van der Waals surface area contributed by atoms with Gasteiger partial charge in [-0.1, -0.05) is 196 Å². The summed E-state index contributed by atoms with van der Waals surface area (Å²) in [5.41, 5.74) is 28.6. The Bertz CT molecular complexity index is 4120. The molecule has 6 aliphatic heterocycles. The van der Waals surface area contributed by atoms with Crippen LogP contribution in [0.1, 0.15) is 90.2 Å². The third kappa shape index (κ3) is 4.79. The number of benzene rings is 9. The first kappa shape index (κ1) is 41.3. The Morgan fingerprint density at radius 2 is 1.04 bits per heavy atom. The zero-order valence-electron chi connectivity index (χ0n) is 42.3. The average Bonchev–Trinajstić information content (AvgIpc) is 4.20. The van der Waals surface area contributed by atoms with E-state index in [0.717, 1.165) is 11.2 Å². The topological polar surface area (TPSA) is 19.6 Å². The molecule has 1 aromatic heterocycles. The number of fused-ring (bicyclic) bond motifs is 22. The van der Waals surface area contributed by atoms with Crippen LogP contribution in [-0.2, 0) is 10.8 Å². The van der Waals surface area contributed by atoms with Crippen LogP contribution in [0.3, 0.4) is 0 Å². The Hall–Kier alpha value is -7.23. The van der Waals surface area contributed by atoms with Crippen LogP contribution in [0.5, 0.6) is 0 Å². The van der Waals surface area contributed by atoms with E-state index in [1.165, 1.54) is 162 Å². The maximum absolute atomic E-state index is 6.57. The summed E-state index contributed by atoms with van der Waals surface area (Å²) >= 11 is 0. The summed E-state index contributed by atoms with van der Waals surface area (Å²) in [5, 5.41) is 5.17. The van der Waals surface area contributed by atoms with E-state index in [-0.39, 0.29) is 28.6 Å². The first-order chi connectivity index (χ1) is 35.7. The Balaban J connectivity index is 0.000000121. The van der Waals surface area contributed by atoms with E-state index in [1.54, 1.807) is 11.1 Å². The monoisotopic (exact) mass is 938 g/mol. The lowest BCUT2D eigenvalue weighted by Gasteiger charge is -2.51. The van der Waals surface area contributed by atoms with Crippen molar-refractivity contribution in [3.05, 3.63) is 181 Å². The molecule has 2 aliphatic carbocycles. The molecule has 0 spiro atoms. The number of hydrogen-bond donors (Lipinski definition) is 0. The Labute approximate surface area is 429 Å². The molecule has 0 N–H and O–H groups in total. The number of anilines is 4. The number of rotatable bonds is 1. The van der Waals surface area contributed by atoms with Gasteiger partial charge in [-0.15, -0.1) is 0 Å². The molecule has 18 rings (SSSR count). The third-order valence-electron chi connectivity index (χ3n) is 21.0. The molecule has 350 valence electrons. The van der Waals surface area contributed by atoms with Crippen molar-refractivity contribution >= 4 is 102 Å². The maximum Gasteiger partial charge on any atom is 0.248 e. The SMILES string of the molecule is CC12CCCCC1(C)N1c3cc4ccccc4c4c3B(c3ccc(-c5ccccc5)cc3-4)c3cccc2c31.CC12CCCCC1(C)N1c3cccc4c3B(c3cccc2c31)c1ccc2c(oc3ccccc32)c1-4. The zero-order chi connectivity index (χ0) is 48.3. The Morgan fingerprint density at radius 3 is 1.78 bits per heavy atom. The molecule has 0 amide bonds. The smallest absolute Gasteiger partial charge is 0.248 e. The average molecular weight is 939 g/mol. The van der Waals surface area contributed by atoms with Crippen LogP contribution in [0, 0.1) is 0 Å². The number of furan rings is 1. The summed E-state index contributed by atoms with van der Waals surface area (Å²) in [6.07, 6.45) is 10.3. The van der Waals surface area contributed by atoms with E-state index in [2.05, 4.69) is 207 Å². The molecule has 9 aromatic carbocycles. The highest BCUT2D eigenvalue weighted by Gasteiger charge is 2.63. The molecular formula is C68H56B2N2O. The van der Waals surface area contributed by atoms with E-state index >= 15 is 0 Å². The second-order valence-corrected chi connectivity index (χ2v) is 24.0. The Morgan fingerprint density at radius 1 is 0.425 bits per heavy atom. The minimum Gasteiger partial charge on any atom is -0.455 e. The molecule has 4 unspecified atom stereocenters. The van der Waals surface area contributed by atoms with E-state index in [4.69, 9.17) is 4.42 Å². The molecule has 8 aliphatic rings. The highest BCUT2D eigenvalue weighted by Crippen LogP contribution is 2.63. The van der Waals surface area contributed by atoms with Crippen molar-refractivity contribution in [1.82, 2.24) is 0 Å². The fourth-order valence-corrected chi connectivity index (χ4v) is 17.3. The van der Waals surface area contributed by atoms with E-state index < -0.39 is 0 Å². The van der Waals surface area contributed by atoms with Gasteiger partial charge in [-0.3, -0.25) is 0 Å². The van der Waals surface area contributed by atoms with Crippen molar-refractivity contribution in [3.8, 4) is 33.4 Å². The number of nitrogens with zero attached hydrogens (tertiary/aromatic N) is 2. The molecule has 2 fully saturated rings. The normalized spacial score (nSPS) is 24.4. The highest BCUT2D eigenvalue weighted by molar-refractivity contribution is 7.02. The number of para-hydroxylation sites is 3. The van der Waals surface area contributed by atoms with Crippen molar-refractivity contribution in [2.75, 3.05) is 9.80 Å². The summed E-state index contributed by atoms with van der Waals surface area (Å²) in [5.74, 6) is 0. The quantitative estimate of drug-likeness (QED) is 0.153. The van der Waals surface area contributed by atoms with Gasteiger partial charge in [0.25, 0.3) is 0 Å². The second-order valence-electron chi connectivity index (χ2n) is 24.0. The van der Waals surface area contributed by atoms with Gasteiger partial charge in [-0.2, -0.15) is 0 Å². The van der Waals surface area contributed by atoms with Crippen molar-refractivity contribution in [2.24, 2.45) is 0 Å². The van der Waals surface area contributed by atoms with Gasteiger partial charge in [-0.25, -0.2) is 0 Å². The first-order valence-corrected chi connectivity index (χ1v) is 27.4. The van der Waals surface area contributed by atoms with Gasteiger partial charge in [0.15, 0.2) is 0 Å². The molecule has 10 aromatic rings. The van der Waals surface area contributed by atoms with Crippen LogP contribution in [-0.4, -0.2) is 24.5 Å². The van der Waals surface area contributed by atoms with Crippen LogP contribution in [0.2, 0.25) is 0 Å². The lowest BCUT2D eigenvalue weighted by atomic mass is 9.37. The molecule has 5 heteroatoms. The molecule has 0 saturated heterocycles. The summed E-state index contributed by atoms with van der Waals surface area (Å²) in [7, 11) is 0. The second kappa shape index (κ2) is 13.9. The zero-order valence-corrected chi connectivity index (χ0v) is 42.3. The maximum atomic E-state index is 6.57. The van der Waals surface area contributed by atoms with Crippen LogP contribution in [0.15, 0.2) is 174 Å². The summed E-state index contributed by atoms with van der Waals surface area (Å²) in [6.45, 7) is 10.8. The Kier molecular flexibility index (Phi) is 7.84. The third-order valence-corrected chi connectivity index (χ3v) is 21.0. The number of hydrogen-bond acceptors (Lipinski definition) is 3. The van der Waals surface area contributed by atoms with Crippen LogP contribution >= 0.6 is 0 Å². The lowest BCUT2D eigenvalue weighted by Crippen LogP contribution is -2.60.